The molecule has 0 bridgehead atoms. The molecule has 106 valence electrons. The molecule has 3 heterocycles. The summed E-state index contributed by atoms with van der Waals surface area (Å²) in [4.78, 5) is 4.82. The van der Waals surface area contributed by atoms with Gasteiger partial charge in [0.05, 0.1) is 19.8 Å². The predicted molar refractivity (Wildman–Crippen MR) is 74.0 cm³/mol. The lowest BCUT2D eigenvalue weighted by molar-refractivity contribution is 0.108. The Bertz CT molecular complexity index is 443. The largest absolute Gasteiger partial charge is 0.465 e. The fraction of sp³-hybridized carbons (Fsp3) is 0.733. The molecule has 19 heavy (non-hydrogen) atoms. The quantitative estimate of drug-likeness (QED) is 0.826. The number of rotatable bonds is 4. The Balaban J connectivity index is 1.68. The van der Waals surface area contributed by atoms with Crippen molar-refractivity contribution in [3.05, 3.63) is 23.7 Å². The van der Waals surface area contributed by atoms with Crippen LogP contribution in [0.4, 0.5) is 0 Å². The minimum Gasteiger partial charge on any atom is -0.465 e. The minimum absolute atomic E-state index is 0.325. The summed E-state index contributed by atoms with van der Waals surface area (Å²) >= 11 is 0. The molecule has 0 radical (unpaired) electrons. The number of nitrogens with zero attached hydrogens (tertiary/aromatic N) is 2. The Hall–Kier alpha value is -0.840. The van der Waals surface area contributed by atoms with E-state index in [0.29, 0.717) is 11.3 Å². The van der Waals surface area contributed by atoms with Crippen molar-refractivity contribution in [2.75, 3.05) is 46.9 Å². The Morgan fingerprint density at radius 1 is 1.42 bits per heavy atom. The lowest BCUT2D eigenvalue weighted by atomic mass is 9.81. The highest BCUT2D eigenvalue weighted by atomic mass is 16.5. The van der Waals surface area contributed by atoms with E-state index in [4.69, 9.17) is 9.15 Å². The van der Waals surface area contributed by atoms with E-state index in [1.807, 2.05) is 13.0 Å². The summed E-state index contributed by atoms with van der Waals surface area (Å²) in [6, 6.07) is 4.14. The van der Waals surface area contributed by atoms with E-state index >= 15 is 0 Å². The monoisotopic (exact) mass is 264 g/mol. The fourth-order valence-corrected chi connectivity index (χ4v) is 3.71. The van der Waals surface area contributed by atoms with E-state index in [9.17, 15) is 0 Å². The van der Waals surface area contributed by atoms with Crippen LogP contribution in [0.3, 0.4) is 0 Å². The Labute approximate surface area is 115 Å². The Morgan fingerprint density at radius 3 is 2.95 bits per heavy atom. The molecule has 0 N–H and O–H groups in total. The lowest BCUT2D eigenvalue weighted by Crippen LogP contribution is -2.40. The highest BCUT2D eigenvalue weighted by Gasteiger charge is 2.50. The van der Waals surface area contributed by atoms with Gasteiger partial charge in [0.25, 0.3) is 0 Å². The van der Waals surface area contributed by atoms with Crippen molar-refractivity contribution in [3.63, 3.8) is 0 Å². The summed E-state index contributed by atoms with van der Waals surface area (Å²) in [5.41, 5.74) is 0.325. The molecule has 0 unspecified atom stereocenters. The van der Waals surface area contributed by atoms with Crippen molar-refractivity contribution in [3.8, 4) is 0 Å². The van der Waals surface area contributed by atoms with Crippen LogP contribution in [0.5, 0.6) is 0 Å². The van der Waals surface area contributed by atoms with E-state index in [1.54, 1.807) is 0 Å². The van der Waals surface area contributed by atoms with Crippen LogP contribution in [0.2, 0.25) is 0 Å². The summed E-state index contributed by atoms with van der Waals surface area (Å²) in [6.45, 7) is 8.13. The molecule has 2 atom stereocenters. The number of hydrogen-bond donors (Lipinski definition) is 0. The zero-order chi connectivity index (χ0) is 13.5. The summed E-state index contributed by atoms with van der Waals surface area (Å²) in [6.07, 6.45) is 0. The minimum atomic E-state index is 0.325. The zero-order valence-electron chi connectivity index (χ0n) is 12.2. The van der Waals surface area contributed by atoms with Gasteiger partial charge in [0, 0.05) is 31.0 Å². The van der Waals surface area contributed by atoms with E-state index < -0.39 is 0 Å². The molecule has 2 aliphatic heterocycles. The van der Waals surface area contributed by atoms with Crippen LogP contribution >= 0.6 is 0 Å². The number of ether oxygens (including phenoxy) is 1. The first-order valence-electron chi connectivity index (χ1n) is 7.08. The number of aryl methyl sites for hydroxylation is 1. The van der Waals surface area contributed by atoms with Crippen LogP contribution in [0.15, 0.2) is 16.5 Å². The predicted octanol–water partition coefficient (Wildman–Crippen LogP) is 1.60. The molecule has 0 saturated carbocycles. The molecule has 2 fully saturated rings. The van der Waals surface area contributed by atoms with Gasteiger partial charge >= 0.3 is 0 Å². The number of furan rings is 1. The van der Waals surface area contributed by atoms with E-state index in [1.165, 1.54) is 0 Å². The van der Waals surface area contributed by atoms with Gasteiger partial charge in [-0.2, -0.15) is 0 Å². The number of likely N-dealkylation sites (tertiary alicyclic amines) is 1. The smallest absolute Gasteiger partial charge is 0.118 e. The standard InChI is InChI=1S/C15H24N2O2/c1-12-4-5-14(19-12)7-17-6-13-8-18-11-15(13,10-17)9-16(2)3/h4-5,13H,6-11H2,1-3H3/t13-,15+/m0/s1. The van der Waals surface area contributed by atoms with Crippen LogP contribution in [-0.4, -0.2) is 56.7 Å². The molecular weight excluding hydrogens is 240 g/mol. The summed E-state index contributed by atoms with van der Waals surface area (Å²) in [7, 11) is 4.31. The zero-order valence-corrected chi connectivity index (χ0v) is 12.2. The average Bonchev–Trinajstić information content (AvgIpc) is 2.92. The van der Waals surface area contributed by atoms with Gasteiger partial charge in [-0.3, -0.25) is 4.90 Å². The van der Waals surface area contributed by atoms with Crippen molar-refractivity contribution < 1.29 is 9.15 Å². The third kappa shape index (κ3) is 2.57. The van der Waals surface area contributed by atoms with Crippen LogP contribution in [-0.2, 0) is 11.3 Å². The summed E-state index contributed by atoms with van der Waals surface area (Å²) in [5.74, 6) is 2.75. The first kappa shape index (κ1) is 13.2. The van der Waals surface area contributed by atoms with Crippen molar-refractivity contribution in [2.45, 2.75) is 13.5 Å². The number of hydrogen-bond acceptors (Lipinski definition) is 4. The molecule has 0 aliphatic carbocycles. The normalized spacial score (nSPS) is 31.3. The first-order chi connectivity index (χ1) is 9.07. The average molecular weight is 264 g/mol. The van der Waals surface area contributed by atoms with Crippen LogP contribution in [0.25, 0.3) is 0 Å². The molecule has 4 heteroatoms. The first-order valence-corrected chi connectivity index (χ1v) is 7.08. The van der Waals surface area contributed by atoms with Gasteiger partial charge in [-0.15, -0.1) is 0 Å². The van der Waals surface area contributed by atoms with Gasteiger partial charge < -0.3 is 14.1 Å². The van der Waals surface area contributed by atoms with Crippen molar-refractivity contribution in [1.82, 2.24) is 9.80 Å². The van der Waals surface area contributed by atoms with Gasteiger partial charge in [0.1, 0.15) is 11.5 Å². The molecule has 1 aromatic rings. The molecule has 2 aliphatic rings. The van der Waals surface area contributed by atoms with Gasteiger partial charge in [0.15, 0.2) is 0 Å². The maximum atomic E-state index is 5.74. The molecule has 0 aromatic carbocycles. The topological polar surface area (TPSA) is 28.9 Å². The molecule has 2 saturated heterocycles. The third-order valence-electron chi connectivity index (χ3n) is 4.40. The van der Waals surface area contributed by atoms with Crippen molar-refractivity contribution >= 4 is 0 Å². The van der Waals surface area contributed by atoms with E-state index in [-0.39, 0.29) is 0 Å². The summed E-state index contributed by atoms with van der Waals surface area (Å²) < 4.78 is 11.4. The highest BCUT2D eigenvalue weighted by molar-refractivity contribution is 5.07. The molecule has 1 aromatic heterocycles. The van der Waals surface area contributed by atoms with E-state index in [2.05, 4.69) is 30.0 Å². The second-order valence-corrected chi connectivity index (χ2v) is 6.49. The van der Waals surface area contributed by atoms with Crippen LogP contribution in [0.1, 0.15) is 11.5 Å². The van der Waals surface area contributed by atoms with Gasteiger partial charge in [0.2, 0.25) is 0 Å². The van der Waals surface area contributed by atoms with Crippen molar-refractivity contribution in [1.29, 1.82) is 0 Å². The van der Waals surface area contributed by atoms with E-state index in [0.717, 1.165) is 50.9 Å². The second kappa shape index (κ2) is 4.93. The lowest BCUT2D eigenvalue weighted by Gasteiger charge is -2.30. The number of fused-ring (bicyclic) bond motifs is 1. The fourth-order valence-electron chi connectivity index (χ4n) is 3.71. The van der Waals surface area contributed by atoms with Crippen LogP contribution in [0, 0.1) is 18.3 Å². The molecule has 3 rings (SSSR count). The Morgan fingerprint density at radius 2 is 2.26 bits per heavy atom. The van der Waals surface area contributed by atoms with Gasteiger partial charge in [-0.05, 0) is 33.2 Å². The maximum absolute atomic E-state index is 5.74. The molecule has 4 nitrogen and oxygen atoms in total. The SMILES string of the molecule is Cc1ccc(CN2C[C@H]3COC[C@@]3(CN(C)C)C2)o1. The molecule has 0 spiro atoms. The van der Waals surface area contributed by atoms with Crippen LogP contribution < -0.4 is 0 Å². The molecule has 0 amide bonds. The highest BCUT2D eigenvalue weighted by Crippen LogP contribution is 2.42. The third-order valence-corrected chi connectivity index (χ3v) is 4.40. The van der Waals surface area contributed by atoms with Gasteiger partial charge in [-0.1, -0.05) is 0 Å². The summed E-state index contributed by atoms with van der Waals surface area (Å²) in [5, 5.41) is 0. The Kier molecular flexibility index (Phi) is 3.41. The second-order valence-electron chi connectivity index (χ2n) is 6.49. The van der Waals surface area contributed by atoms with Crippen molar-refractivity contribution in [2.24, 2.45) is 11.3 Å². The molecular formula is C15H24N2O2. The van der Waals surface area contributed by atoms with Gasteiger partial charge in [-0.25, -0.2) is 0 Å². The maximum Gasteiger partial charge on any atom is 0.118 e.